The maximum atomic E-state index is 13.6. The Hall–Kier alpha value is -3.26. The fraction of sp³-hybridized carbons (Fsp3) is 0.385. The summed E-state index contributed by atoms with van der Waals surface area (Å²) in [5.41, 5.74) is 1.12. The Balaban J connectivity index is 1.33. The molecule has 0 N–H and O–H groups in total. The highest BCUT2D eigenvalue weighted by Gasteiger charge is 2.35. The number of thiophene rings is 1. The Labute approximate surface area is 202 Å². The third-order valence-electron chi connectivity index (χ3n) is 6.39. The third kappa shape index (κ3) is 4.97. The van der Waals surface area contributed by atoms with E-state index in [9.17, 15) is 9.59 Å². The first-order valence-corrected chi connectivity index (χ1v) is 12.5. The van der Waals surface area contributed by atoms with Crippen LogP contribution in [0.15, 0.2) is 58.5 Å². The van der Waals surface area contributed by atoms with E-state index < -0.39 is 0 Å². The van der Waals surface area contributed by atoms with Gasteiger partial charge in [-0.3, -0.25) is 9.59 Å². The number of furan rings is 1. The van der Waals surface area contributed by atoms with E-state index in [2.05, 4.69) is 11.4 Å². The zero-order valence-corrected chi connectivity index (χ0v) is 20.0. The number of hydrogen-bond acceptors (Lipinski definition) is 6. The highest BCUT2D eigenvalue weighted by atomic mass is 32.1. The minimum absolute atomic E-state index is 0.0329. The fourth-order valence-corrected chi connectivity index (χ4v) is 5.31. The molecule has 5 rings (SSSR count). The number of amides is 2. The number of hydrogen-bond donors (Lipinski definition) is 0. The maximum Gasteiger partial charge on any atom is 0.290 e. The fourth-order valence-electron chi connectivity index (χ4n) is 4.38. The second kappa shape index (κ2) is 9.93. The summed E-state index contributed by atoms with van der Waals surface area (Å²) in [5, 5.41) is 2.07. The summed E-state index contributed by atoms with van der Waals surface area (Å²) in [6, 6.07) is 12.7. The van der Waals surface area contributed by atoms with Crippen molar-refractivity contribution in [2.24, 2.45) is 5.92 Å². The van der Waals surface area contributed by atoms with Gasteiger partial charge in [-0.2, -0.15) is 0 Å². The molecule has 0 spiro atoms. The van der Waals surface area contributed by atoms with E-state index in [4.69, 9.17) is 13.9 Å². The number of nitrogens with zero attached hydrogens (tertiary/aromatic N) is 2. The lowest BCUT2D eigenvalue weighted by Gasteiger charge is -2.37. The second-order valence-electron chi connectivity index (χ2n) is 8.75. The Morgan fingerprint density at radius 3 is 2.79 bits per heavy atom. The molecule has 1 saturated carbocycles. The lowest BCUT2D eigenvalue weighted by atomic mass is 10.0. The maximum absolute atomic E-state index is 13.6. The molecule has 2 amide bonds. The van der Waals surface area contributed by atoms with Crippen molar-refractivity contribution in [1.29, 1.82) is 0 Å². The summed E-state index contributed by atoms with van der Waals surface area (Å²) in [6.07, 6.45) is 4.48. The Morgan fingerprint density at radius 1 is 1.18 bits per heavy atom. The largest absolute Gasteiger partial charge is 0.497 e. The van der Waals surface area contributed by atoms with Gasteiger partial charge in [0.1, 0.15) is 24.7 Å². The summed E-state index contributed by atoms with van der Waals surface area (Å²) in [6.45, 7) is 1.54. The van der Waals surface area contributed by atoms with Crippen LogP contribution in [0.1, 0.15) is 39.9 Å². The molecule has 7 nitrogen and oxygen atoms in total. The lowest BCUT2D eigenvalue weighted by Crippen LogP contribution is -2.48. The van der Waals surface area contributed by atoms with Crippen LogP contribution in [0, 0.1) is 5.92 Å². The van der Waals surface area contributed by atoms with Crippen LogP contribution in [-0.2, 0) is 11.2 Å². The highest BCUT2D eigenvalue weighted by molar-refractivity contribution is 7.10. The summed E-state index contributed by atoms with van der Waals surface area (Å²) in [5.74, 6) is 1.84. The first-order chi connectivity index (χ1) is 16.6. The zero-order valence-electron chi connectivity index (χ0n) is 19.1. The van der Waals surface area contributed by atoms with Crippen LogP contribution < -0.4 is 9.47 Å². The summed E-state index contributed by atoms with van der Waals surface area (Å²) in [7, 11) is 1.62. The van der Waals surface area contributed by atoms with Crippen LogP contribution in [0.3, 0.4) is 0 Å². The number of rotatable bonds is 9. The Kier molecular flexibility index (Phi) is 6.58. The van der Waals surface area contributed by atoms with Gasteiger partial charge in [0.25, 0.3) is 5.91 Å². The van der Waals surface area contributed by atoms with Crippen molar-refractivity contribution in [1.82, 2.24) is 9.80 Å². The van der Waals surface area contributed by atoms with E-state index in [1.165, 1.54) is 11.1 Å². The van der Waals surface area contributed by atoms with Gasteiger partial charge >= 0.3 is 0 Å². The highest BCUT2D eigenvalue weighted by Crippen LogP contribution is 2.35. The molecule has 3 aromatic rings. The van der Waals surface area contributed by atoms with Gasteiger partial charge in [0.15, 0.2) is 5.76 Å². The first kappa shape index (κ1) is 22.5. The minimum Gasteiger partial charge on any atom is -0.497 e. The smallest absolute Gasteiger partial charge is 0.290 e. The molecule has 2 aliphatic rings. The quantitative estimate of drug-likeness (QED) is 0.454. The van der Waals surface area contributed by atoms with Crippen molar-refractivity contribution in [3.05, 3.63) is 70.3 Å². The molecule has 1 aliphatic carbocycles. The molecule has 2 aromatic heterocycles. The number of carbonyl (C=O) groups is 2. The molecular weight excluding hydrogens is 452 g/mol. The van der Waals surface area contributed by atoms with Gasteiger partial charge in [0, 0.05) is 24.0 Å². The number of ether oxygens (including phenoxy) is 2. The predicted molar refractivity (Wildman–Crippen MR) is 128 cm³/mol. The monoisotopic (exact) mass is 480 g/mol. The molecule has 34 heavy (non-hydrogen) atoms. The van der Waals surface area contributed by atoms with Crippen molar-refractivity contribution in [3.63, 3.8) is 0 Å². The van der Waals surface area contributed by atoms with Crippen LogP contribution in [0.4, 0.5) is 0 Å². The van der Waals surface area contributed by atoms with Crippen molar-refractivity contribution >= 4 is 23.2 Å². The molecular formula is C26H28N2O5S. The van der Waals surface area contributed by atoms with E-state index in [0.29, 0.717) is 31.4 Å². The van der Waals surface area contributed by atoms with Crippen molar-refractivity contribution in [2.45, 2.75) is 25.3 Å². The van der Waals surface area contributed by atoms with Gasteiger partial charge in [-0.05, 0) is 66.5 Å². The molecule has 8 heteroatoms. The molecule has 1 unspecified atom stereocenters. The molecule has 0 radical (unpaired) electrons. The molecule has 1 atom stereocenters. The van der Waals surface area contributed by atoms with Gasteiger partial charge < -0.3 is 23.7 Å². The van der Waals surface area contributed by atoms with E-state index >= 15 is 0 Å². The van der Waals surface area contributed by atoms with Gasteiger partial charge in [0.2, 0.25) is 5.91 Å². The number of fused-ring (bicyclic) bond motifs is 1. The molecule has 178 valence electrons. The summed E-state index contributed by atoms with van der Waals surface area (Å²) < 4.78 is 16.7. The van der Waals surface area contributed by atoms with Gasteiger partial charge in [0.05, 0.1) is 19.4 Å². The van der Waals surface area contributed by atoms with E-state index in [-0.39, 0.29) is 30.2 Å². The standard InChI is InChI=1S/C26H28N2O5S/c1-31-19-4-2-5-20(14-19)33-17-22-21-10-13-34-24(21)9-11-28(22)25(29)16-27(15-18-7-8-18)26(30)23-6-3-12-32-23/h2-6,10,12-14,18,22H,7-9,11,15-17H2,1H3. The van der Waals surface area contributed by atoms with E-state index in [0.717, 1.165) is 30.6 Å². The van der Waals surface area contributed by atoms with Crippen LogP contribution in [0.2, 0.25) is 0 Å². The van der Waals surface area contributed by atoms with Crippen molar-refractivity contribution < 1.29 is 23.5 Å². The molecule has 0 bridgehead atoms. The van der Waals surface area contributed by atoms with Crippen LogP contribution in [0.5, 0.6) is 11.5 Å². The minimum atomic E-state index is -0.234. The topological polar surface area (TPSA) is 72.2 Å². The SMILES string of the molecule is COc1cccc(OCC2c3ccsc3CCN2C(=O)CN(CC2CC2)C(=O)c2ccco2)c1. The molecule has 1 aromatic carbocycles. The van der Waals surface area contributed by atoms with Crippen LogP contribution in [-0.4, -0.2) is 55.0 Å². The first-order valence-electron chi connectivity index (χ1n) is 11.6. The Morgan fingerprint density at radius 2 is 2.03 bits per heavy atom. The second-order valence-corrected chi connectivity index (χ2v) is 9.75. The number of methoxy groups -OCH3 is 1. The molecule has 1 aliphatic heterocycles. The zero-order chi connectivity index (χ0) is 23.5. The number of benzene rings is 1. The summed E-state index contributed by atoms with van der Waals surface area (Å²) >= 11 is 1.71. The van der Waals surface area contributed by atoms with E-state index in [1.807, 2.05) is 29.2 Å². The number of carbonyl (C=O) groups excluding carboxylic acids is 2. The molecule has 1 fully saturated rings. The van der Waals surface area contributed by atoms with Gasteiger partial charge in [-0.1, -0.05) is 6.07 Å². The van der Waals surface area contributed by atoms with Crippen LogP contribution in [0.25, 0.3) is 0 Å². The normalized spacial score (nSPS) is 17.2. The third-order valence-corrected chi connectivity index (χ3v) is 7.38. The van der Waals surface area contributed by atoms with E-state index in [1.54, 1.807) is 35.5 Å². The summed E-state index contributed by atoms with van der Waals surface area (Å²) in [4.78, 5) is 31.4. The Bertz CT molecular complexity index is 1140. The molecule has 3 heterocycles. The van der Waals surface area contributed by atoms with Gasteiger partial charge in [-0.25, -0.2) is 0 Å². The lowest BCUT2D eigenvalue weighted by molar-refractivity contribution is -0.135. The predicted octanol–water partition coefficient (Wildman–Crippen LogP) is 4.41. The van der Waals surface area contributed by atoms with Crippen LogP contribution >= 0.6 is 11.3 Å². The van der Waals surface area contributed by atoms with Crippen molar-refractivity contribution in [3.8, 4) is 11.5 Å². The molecule has 0 saturated heterocycles. The average molecular weight is 481 g/mol. The average Bonchev–Trinajstić information content (AvgIpc) is 3.30. The van der Waals surface area contributed by atoms with Crippen molar-refractivity contribution in [2.75, 3.05) is 33.4 Å². The van der Waals surface area contributed by atoms with Gasteiger partial charge in [-0.15, -0.1) is 11.3 Å².